The Morgan fingerprint density at radius 1 is 0.852 bits per heavy atom. The molecule has 0 aromatic rings. The number of ether oxygens (including phenoxy) is 1. The van der Waals surface area contributed by atoms with Crippen molar-refractivity contribution in [1.29, 1.82) is 0 Å². The average Bonchev–Trinajstić information content (AvgIpc) is 2.60. The van der Waals surface area contributed by atoms with Crippen LogP contribution in [0.4, 0.5) is 0 Å². The van der Waals surface area contributed by atoms with Crippen LogP contribution in [0.5, 0.6) is 0 Å². The number of carbonyl (C=O) groups is 1. The van der Waals surface area contributed by atoms with Crippen molar-refractivity contribution in [2.45, 2.75) is 113 Å². The standard InChI is InChI=1S/C25H48O2/c1-8-24(7)25(26)27-19-18-23(6)17-11-16-22(5)15-10-14-21(4)13-9-12-20(2)3/h18,20-22,24H,8-17,19H2,1-7H3/b23-18+/t21-,22-,24?/m1/s1. The molecule has 2 nitrogen and oxygen atoms in total. The Hall–Kier alpha value is -0.790. The topological polar surface area (TPSA) is 26.3 Å². The van der Waals surface area contributed by atoms with Crippen LogP contribution in [0, 0.1) is 23.7 Å². The zero-order chi connectivity index (χ0) is 20.7. The third-order valence-electron chi connectivity index (χ3n) is 5.81. The third-order valence-corrected chi connectivity index (χ3v) is 5.81. The van der Waals surface area contributed by atoms with Gasteiger partial charge in [0.25, 0.3) is 0 Å². The first-order chi connectivity index (χ1) is 12.8. The molecule has 160 valence electrons. The van der Waals surface area contributed by atoms with Crippen molar-refractivity contribution in [3.8, 4) is 0 Å². The highest BCUT2D eigenvalue weighted by Crippen LogP contribution is 2.22. The summed E-state index contributed by atoms with van der Waals surface area (Å²) in [6.45, 7) is 16.0. The lowest BCUT2D eigenvalue weighted by atomic mass is 9.91. The maximum Gasteiger partial charge on any atom is 0.308 e. The molecule has 0 fully saturated rings. The van der Waals surface area contributed by atoms with Crippen molar-refractivity contribution >= 4 is 5.97 Å². The second kappa shape index (κ2) is 16.2. The van der Waals surface area contributed by atoms with Gasteiger partial charge < -0.3 is 4.74 Å². The van der Waals surface area contributed by atoms with Crippen molar-refractivity contribution in [1.82, 2.24) is 0 Å². The Bertz CT molecular complexity index is 397. The highest BCUT2D eigenvalue weighted by Gasteiger charge is 2.10. The predicted octanol–water partition coefficient (Wildman–Crippen LogP) is 7.96. The van der Waals surface area contributed by atoms with E-state index in [0.717, 1.165) is 30.6 Å². The minimum atomic E-state index is -0.0754. The van der Waals surface area contributed by atoms with Crippen LogP contribution in [0.2, 0.25) is 0 Å². The Kier molecular flexibility index (Phi) is 15.7. The van der Waals surface area contributed by atoms with Crippen molar-refractivity contribution in [2.24, 2.45) is 23.7 Å². The Morgan fingerprint density at radius 3 is 1.89 bits per heavy atom. The van der Waals surface area contributed by atoms with E-state index in [1.165, 1.54) is 56.9 Å². The van der Waals surface area contributed by atoms with Crippen LogP contribution in [0.25, 0.3) is 0 Å². The molecule has 0 saturated heterocycles. The molecule has 1 unspecified atom stereocenters. The van der Waals surface area contributed by atoms with E-state index < -0.39 is 0 Å². The fraction of sp³-hybridized carbons (Fsp3) is 0.880. The van der Waals surface area contributed by atoms with Crippen LogP contribution in [0.15, 0.2) is 11.6 Å². The van der Waals surface area contributed by atoms with Crippen LogP contribution < -0.4 is 0 Å². The largest absolute Gasteiger partial charge is 0.461 e. The number of carbonyl (C=O) groups excluding carboxylic acids is 1. The van der Waals surface area contributed by atoms with E-state index in [4.69, 9.17) is 4.74 Å². The van der Waals surface area contributed by atoms with Gasteiger partial charge in [0.15, 0.2) is 0 Å². The zero-order valence-corrected chi connectivity index (χ0v) is 19.5. The maximum atomic E-state index is 11.6. The summed E-state index contributed by atoms with van der Waals surface area (Å²) >= 11 is 0. The van der Waals surface area contributed by atoms with Gasteiger partial charge in [-0.3, -0.25) is 4.79 Å². The fourth-order valence-corrected chi connectivity index (χ4v) is 3.38. The molecule has 0 aliphatic carbocycles. The average molecular weight is 381 g/mol. The van der Waals surface area contributed by atoms with Crippen molar-refractivity contribution in [3.63, 3.8) is 0 Å². The number of allylic oxidation sites excluding steroid dienone is 1. The highest BCUT2D eigenvalue weighted by molar-refractivity contribution is 5.71. The lowest BCUT2D eigenvalue weighted by Crippen LogP contribution is -2.13. The smallest absolute Gasteiger partial charge is 0.308 e. The highest BCUT2D eigenvalue weighted by atomic mass is 16.5. The van der Waals surface area contributed by atoms with Gasteiger partial charge in [-0.2, -0.15) is 0 Å². The summed E-state index contributed by atoms with van der Waals surface area (Å²) in [6.07, 6.45) is 14.9. The molecular formula is C25H48O2. The molecule has 0 saturated carbocycles. The van der Waals surface area contributed by atoms with E-state index in [9.17, 15) is 4.79 Å². The van der Waals surface area contributed by atoms with E-state index in [1.807, 2.05) is 13.8 Å². The molecule has 0 amide bonds. The first kappa shape index (κ1) is 26.2. The van der Waals surface area contributed by atoms with Crippen LogP contribution in [0.3, 0.4) is 0 Å². The molecule has 2 heteroatoms. The van der Waals surface area contributed by atoms with Gasteiger partial charge in [0.2, 0.25) is 0 Å². The molecule has 0 N–H and O–H groups in total. The summed E-state index contributed by atoms with van der Waals surface area (Å²) in [7, 11) is 0. The molecule has 27 heavy (non-hydrogen) atoms. The van der Waals surface area contributed by atoms with Gasteiger partial charge in [0, 0.05) is 0 Å². The van der Waals surface area contributed by atoms with Crippen molar-refractivity contribution in [3.05, 3.63) is 11.6 Å². The quantitative estimate of drug-likeness (QED) is 0.200. The first-order valence-corrected chi connectivity index (χ1v) is 11.6. The second-order valence-electron chi connectivity index (χ2n) is 9.35. The van der Waals surface area contributed by atoms with Crippen molar-refractivity contribution < 1.29 is 9.53 Å². The van der Waals surface area contributed by atoms with Gasteiger partial charge in [0.05, 0.1) is 5.92 Å². The molecule has 0 aliphatic rings. The molecule has 0 spiro atoms. The number of hydrogen-bond acceptors (Lipinski definition) is 2. The third kappa shape index (κ3) is 15.9. The van der Waals surface area contributed by atoms with E-state index in [2.05, 4.69) is 40.7 Å². The van der Waals surface area contributed by atoms with Gasteiger partial charge in [-0.1, -0.05) is 92.1 Å². The second-order valence-corrected chi connectivity index (χ2v) is 9.35. The van der Waals surface area contributed by atoms with Gasteiger partial charge in [0.1, 0.15) is 6.61 Å². The molecule has 0 radical (unpaired) electrons. The normalized spacial score (nSPS) is 15.6. The minimum Gasteiger partial charge on any atom is -0.461 e. The lowest BCUT2D eigenvalue weighted by molar-refractivity contribution is -0.146. The van der Waals surface area contributed by atoms with Crippen LogP contribution in [-0.4, -0.2) is 12.6 Å². The molecule has 0 aliphatic heterocycles. The fourth-order valence-electron chi connectivity index (χ4n) is 3.38. The summed E-state index contributed by atoms with van der Waals surface area (Å²) in [5, 5.41) is 0. The number of esters is 1. The van der Waals surface area contributed by atoms with E-state index in [0.29, 0.717) is 6.61 Å². The number of rotatable bonds is 16. The Labute approximate surface area is 170 Å². The maximum absolute atomic E-state index is 11.6. The minimum absolute atomic E-state index is 0.0116. The predicted molar refractivity (Wildman–Crippen MR) is 119 cm³/mol. The summed E-state index contributed by atoms with van der Waals surface area (Å²) in [4.78, 5) is 11.6. The summed E-state index contributed by atoms with van der Waals surface area (Å²) in [6, 6.07) is 0. The van der Waals surface area contributed by atoms with E-state index in [1.54, 1.807) is 0 Å². The van der Waals surface area contributed by atoms with E-state index in [-0.39, 0.29) is 11.9 Å². The van der Waals surface area contributed by atoms with E-state index >= 15 is 0 Å². The zero-order valence-electron chi connectivity index (χ0n) is 19.5. The van der Waals surface area contributed by atoms with Crippen molar-refractivity contribution in [2.75, 3.05) is 6.61 Å². The van der Waals surface area contributed by atoms with Gasteiger partial charge in [-0.25, -0.2) is 0 Å². The van der Waals surface area contributed by atoms with Gasteiger partial charge in [-0.15, -0.1) is 0 Å². The monoisotopic (exact) mass is 380 g/mol. The summed E-state index contributed by atoms with van der Waals surface area (Å²) in [5.74, 6) is 2.50. The number of hydrogen-bond donors (Lipinski definition) is 0. The molecule has 3 atom stereocenters. The molecule has 0 aromatic heterocycles. The SMILES string of the molecule is CCC(C)C(=O)OC/C=C(\C)CCC[C@H](C)CCC[C@H](C)CCCC(C)C. The molecule has 0 heterocycles. The molecular weight excluding hydrogens is 332 g/mol. The Morgan fingerprint density at radius 2 is 1.37 bits per heavy atom. The Balaban J connectivity index is 3.73. The lowest BCUT2D eigenvalue weighted by Gasteiger charge is -2.15. The summed E-state index contributed by atoms with van der Waals surface area (Å²) in [5.41, 5.74) is 1.35. The molecule has 0 rings (SSSR count). The summed E-state index contributed by atoms with van der Waals surface area (Å²) < 4.78 is 5.29. The van der Waals surface area contributed by atoms with Gasteiger partial charge >= 0.3 is 5.97 Å². The van der Waals surface area contributed by atoms with Crippen LogP contribution in [0.1, 0.15) is 113 Å². The molecule has 0 aromatic carbocycles. The molecule has 0 bridgehead atoms. The van der Waals surface area contributed by atoms with Crippen LogP contribution >= 0.6 is 0 Å². The van der Waals surface area contributed by atoms with Gasteiger partial charge in [-0.05, 0) is 50.0 Å². The first-order valence-electron chi connectivity index (χ1n) is 11.6. The van der Waals surface area contributed by atoms with Crippen LogP contribution in [-0.2, 0) is 9.53 Å².